The third-order valence-corrected chi connectivity index (χ3v) is 7.23. The van der Waals surface area contributed by atoms with Gasteiger partial charge in [0.25, 0.3) is 0 Å². The van der Waals surface area contributed by atoms with Gasteiger partial charge in [-0.15, -0.1) is 0 Å². The molecule has 12 heteroatoms. The highest BCUT2D eigenvalue weighted by molar-refractivity contribution is 6.31. The minimum Gasteiger partial charge on any atom is -0.329 e. The number of hydrogen-bond acceptors (Lipinski definition) is 3. The highest BCUT2D eigenvalue weighted by atomic mass is 35.5. The first kappa shape index (κ1) is 29.8. The molecule has 3 unspecified atom stereocenters. The third kappa shape index (κ3) is 5.51. The predicted octanol–water partition coefficient (Wildman–Crippen LogP) is 6.30. The molecule has 0 heterocycles. The van der Waals surface area contributed by atoms with Crippen molar-refractivity contribution < 1.29 is 35.1 Å². The SMILES string of the molecule is CC(N)(c1ccc(F)cc1)C(CN)(c1ccc(Cl)c(C(F)(F)F)c1)C(N)Cc1ccc(F)c(C(F)(F)F)c1. The van der Waals surface area contributed by atoms with Crippen LogP contribution in [0.3, 0.4) is 0 Å². The van der Waals surface area contributed by atoms with Crippen LogP contribution in [-0.2, 0) is 29.7 Å². The first-order valence-electron chi connectivity index (χ1n) is 11.2. The Morgan fingerprint density at radius 3 is 1.87 bits per heavy atom. The van der Waals surface area contributed by atoms with E-state index in [2.05, 4.69) is 0 Å². The zero-order valence-electron chi connectivity index (χ0n) is 19.9. The molecule has 0 aromatic heterocycles. The number of benzene rings is 3. The Kier molecular flexibility index (Phi) is 8.19. The summed E-state index contributed by atoms with van der Waals surface area (Å²) in [4.78, 5) is 0. The maximum absolute atomic E-state index is 13.9. The summed E-state index contributed by atoms with van der Waals surface area (Å²) in [6, 6.07) is 8.78. The third-order valence-electron chi connectivity index (χ3n) is 6.90. The first-order valence-corrected chi connectivity index (χ1v) is 11.6. The quantitative estimate of drug-likeness (QED) is 0.294. The van der Waals surface area contributed by atoms with E-state index >= 15 is 0 Å². The van der Waals surface area contributed by atoms with E-state index in [9.17, 15) is 35.1 Å². The summed E-state index contributed by atoms with van der Waals surface area (Å²) < 4.78 is 109. The Morgan fingerprint density at radius 1 is 0.789 bits per heavy atom. The molecule has 0 spiro atoms. The standard InChI is InChI=1S/C26H24ClF8N3/c1-23(38,15-3-6-17(28)7-4-15)24(13-36,16-5-8-20(27)18(12-16)25(30,31)32)22(37)11-14-2-9-21(29)19(10-14)26(33,34)35/h2-10,12,22H,11,13,36-38H2,1H3. The van der Waals surface area contributed by atoms with E-state index in [1.165, 1.54) is 25.1 Å². The van der Waals surface area contributed by atoms with Gasteiger partial charge in [-0.05, 0) is 66.4 Å². The largest absolute Gasteiger partial charge is 0.419 e. The molecule has 3 rings (SSSR count). The highest BCUT2D eigenvalue weighted by Gasteiger charge is 2.52. The molecule has 0 fully saturated rings. The first-order chi connectivity index (χ1) is 17.4. The second kappa shape index (κ2) is 10.4. The van der Waals surface area contributed by atoms with Crippen LogP contribution in [0.5, 0.6) is 0 Å². The zero-order valence-corrected chi connectivity index (χ0v) is 20.7. The van der Waals surface area contributed by atoms with Crippen LogP contribution in [0.25, 0.3) is 0 Å². The maximum Gasteiger partial charge on any atom is 0.419 e. The molecule has 0 aliphatic heterocycles. The Hall–Kier alpha value is -2.73. The van der Waals surface area contributed by atoms with E-state index in [1.54, 1.807) is 0 Å². The highest BCUT2D eigenvalue weighted by Crippen LogP contribution is 2.46. The summed E-state index contributed by atoms with van der Waals surface area (Å²) in [6.45, 7) is 0.964. The molecule has 0 aliphatic carbocycles. The summed E-state index contributed by atoms with van der Waals surface area (Å²) in [5, 5.41) is -0.602. The smallest absolute Gasteiger partial charge is 0.329 e. The van der Waals surface area contributed by atoms with Crippen LogP contribution in [0.1, 0.15) is 34.7 Å². The van der Waals surface area contributed by atoms with Crippen LogP contribution in [0.2, 0.25) is 5.02 Å². The number of nitrogens with two attached hydrogens (primary N) is 3. The lowest BCUT2D eigenvalue weighted by atomic mass is 9.58. The minimum atomic E-state index is -5.00. The minimum absolute atomic E-state index is 0.0519. The molecular formula is C26H24ClF8N3. The van der Waals surface area contributed by atoms with E-state index in [-0.39, 0.29) is 23.1 Å². The van der Waals surface area contributed by atoms with E-state index < -0.39 is 63.7 Å². The zero-order chi connectivity index (χ0) is 28.7. The number of rotatable bonds is 7. The fourth-order valence-electron chi connectivity index (χ4n) is 4.80. The topological polar surface area (TPSA) is 78.1 Å². The van der Waals surface area contributed by atoms with Gasteiger partial charge >= 0.3 is 12.4 Å². The fraction of sp³-hybridized carbons (Fsp3) is 0.308. The number of halogens is 9. The van der Waals surface area contributed by atoms with Gasteiger partial charge in [-0.2, -0.15) is 26.3 Å². The lowest BCUT2D eigenvalue weighted by Crippen LogP contribution is -2.66. The average Bonchev–Trinajstić information content (AvgIpc) is 2.80. The molecule has 3 nitrogen and oxygen atoms in total. The fourth-order valence-corrected chi connectivity index (χ4v) is 5.02. The van der Waals surface area contributed by atoms with Crippen LogP contribution in [-0.4, -0.2) is 12.6 Å². The van der Waals surface area contributed by atoms with Gasteiger partial charge in [-0.25, -0.2) is 8.78 Å². The van der Waals surface area contributed by atoms with Crippen molar-refractivity contribution in [2.45, 2.75) is 42.7 Å². The molecule has 6 N–H and O–H groups in total. The second-order valence-electron chi connectivity index (χ2n) is 9.20. The van der Waals surface area contributed by atoms with Gasteiger partial charge in [-0.1, -0.05) is 35.9 Å². The molecule has 0 aliphatic rings. The molecule has 38 heavy (non-hydrogen) atoms. The molecule has 3 aromatic rings. The maximum atomic E-state index is 13.9. The normalized spacial score (nSPS) is 16.6. The lowest BCUT2D eigenvalue weighted by Gasteiger charge is -2.50. The Morgan fingerprint density at radius 2 is 1.34 bits per heavy atom. The van der Waals surface area contributed by atoms with Gasteiger partial charge in [0.05, 0.1) is 21.7 Å². The van der Waals surface area contributed by atoms with Crippen molar-refractivity contribution in [3.05, 3.63) is 105 Å². The van der Waals surface area contributed by atoms with Crippen molar-refractivity contribution in [1.29, 1.82) is 0 Å². The summed E-state index contributed by atoms with van der Waals surface area (Å²) in [5.41, 5.74) is 13.4. The van der Waals surface area contributed by atoms with Crippen molar-refractivity contribution in [2.75, 3.05) is 6.54 Å². The van der Waals surface area contributed by atoms with Crippen LogP contribution >= 0.6 is 11.6 Å². The number of alkyl halides is 6. The van der Waals surface area contributed by atoms with Crippen LogP contribution in [0, 0.1) is 11.6 Å². The summed E-state index contributed by atoms with van der Waals surface area (Å²) >= 11 is 5.81. The Balaban J connectivity index is 2.26. The van der Waals surface area contributed by atoms with E-state index in [0.29, 0.717) is 12.1 Å². The molecule has 0 saturated carbocycles. The van der Waals surface area contributed by atoms with Gasteiger partial charge in [0.15, 0.2) is 0 Å². The molecule has 0 radical (unpaired) electrons. The van der Waals surface area contributed by atoms with E-state index in [0.717, 1.165) is 30.3 Å². The van der Waals surface area contributed by atoms with Gasteiger partial charge < -0.3 is 17.2 Å². The monoisotopic (exact) mass is 565 g/mol. The van der Waals surface area contributed by atoms with Crippen molar-refractivity contribution in [3.63, 3.8) is 0 Å². The van der Waals surface area contributed by atoms with Gasteiger partial charge in [0, 0.05) is 18.0 Å². The lowest BCUT2D eigenvalue weighted by molar-refractivity contribution is -0.140. The van der Waals surface area contributed by atoms with Gasteiger partial charge in [0.2, 0.25) is 0 Å². The summed E-state index contributed by atoms with van der Waals surface area (Å²) in [6.07, 6.45) is -10.2. The Bertz CT molecular complexity index is 1290. The molecular weight excluding hydrogens is 542 g/mol. The molecule has 0 saturated heterocycles. The average molecular weight is 566 g/mol. The second-order valence-corrected chi connectivity index (χ2v) is 9.61. The van der Waals surface area contributed by atoms with Crippen molar-refractivity contribution >= 4 is 11.6 Å². The Labute approximate surface area is 218 Å². The van der Waals surface area contributed by atoms with E-state index in [1.807, 2.05) is 0 Å². The molecule has 0 bridgehead atoms. The van der Waals surface area contributed by atoms with E-state index in [4.69, 9.17) is 28.8 Å². The van der Waals surface area contributed by atoms with Gasteiger partial charge in [0.1, 0.15) is 11.6 Å². The number of hydrogen-bond donors (Lipinski definition) is 3. The molecule has 3 atom stereocenters. The van der Waals surface area contributed by atoms with Gasteiger partial charge in [-0.3, -0.25) is 0 Å². The molecule has 206 valence electrons. The van der Waals surface area contributed by atoms with Crippen molar-refractivity contribution in [3.8, 4) is 0 Å². The predicted molar refractivity (Wildman–Crippen MR) is 128 cm³/mol. The molecule has 3 aromatic carbocycles. The van der Waals surface area contributed by atoms with Crippen LogP contribution < -0.4 is 17.2 Å². The van der Waals surface area contributed by atoms with Crippen molar-refractivity contribution in [2.24, 2.45) is 17.2 Å². The van der Waals surface area contributed by atoms with Crippen LogP contribution in [0.15, 0.2) is 60.7 Å². The van der Waals surface area contributed by atoms with Crippen molar-refractivity contribution in [1.82, 2.24) is 0 Å². The molecule has 0 amide bonds. The summed E-state index contributed by atoms with van der Waals surface area (Å²) in [5.74, 6) is -2.11. The summed E-state index contributed by atoms with van der Waals surface area (Å²) in [7, 11) is 0. The van der Waals surface area contributed by atoms with Crippen LogP contribution in [0.4, 0.5) is 35.1 Å².